The first-order valence-electron chi connectivity index (χ1n) is 6.93. The summed E-state index contributed by atoms with van der Waals surface area (Å²) < 4.78 is 12.1. The van der Waals surface area contributed by atoms with Gasteiger partial charge in [-0.25, -0.2) is 4.52 Å². The predicted molar refractivity (Wildman–Crippen MR) is 78.1 cm³/mol. The van der Waals surface area contributed by atoms with E-state index in [4.69, 9.17) is 9.47 Å². The van der Waals surface area contributed by atoms with Crippen LogP contribution in [0.15, 0.2) is 18.3 Å². The van der Waals surface area contributed by atoms with E-state index in [0.717, 1.165) is 31.6 Å². The van der Waals surface area contributed by atoms with Crippen molar-refractivity contribution in [2.24, 2.45) is 0 Å². The third-order valence-electron chi connectivity index (χ3n) is 2.91. The number of anilines is 1. The average Bonchev–Trinajstić information content (AvgIpc) is 2.83. The Bertz CT molecular complexity index is 527. The van der Waals surface area contributed by atoms with E-state index in [9.17, 15) is 0 Å². The minimum absolute atomic E-state index is 0.656. The molecule has 20 heavy (non-hydrogen) atoms. The summed E-state index contributed by atoms with van der Waals surface area (Å²) in [5.74, 6) is 0.677. The van der Waals surface area contributed by atoms with Crippen molar-refractivity contribution < 1.29 is 9.47 Å². The highest BCUT2D eigenvalue weighted by molar-refractivity contribution is 5.43. The summed E-state index contributed by atoms with van der Waals surface area (Å²) in [6.45, 7) is 4.98. The molecular weight excluding hydrogens is 256 g/mol. The molecule has 0 saturated heterocycles. The van der Waals surface area contributed by atoms with Crippen molar-refractivity contribution in [2.45, 2.75) is 19.8 Å². The molecule has 110 valence electrons. The van der Waals surface area contributed by atoms with Crippen LogP contribution in [-0.4, -0.2) is 48.1 Å². The van der Waals surface area contributed by atoms with Crippen LogP contribution in [0.3, 0.4) is 0 Å². The molecule has 0 aliphatic carbocycles. The third-order valence-corrected chi connectivity index (χ3v) is 2.91. The standard InChI is InChI=1S/C14H22N4O2/c1-12-5-6-13-16-14(17-18(13)11-12)15-7-3-4-8-20-10-9-19-2/h5-6,11H,3-4,7-10H2,1-2H3,(H,15,17). The highest BCUT2D eigenvalue weighted by Gasteiger charge is 2.02. The Morgan fingerprint density at radius 1 is 1.20 bits per heavy atom. The van der Waals surface area contributed by atoms with Gasteiger partial charge < -0.3 is 14.8 Å². The molecule has 0 amide bonds. The van der Waals surface area contributed by atoms with Crippen molar-refractivity contribution in [3.63, 3.8) is 0 Å². The van der Waals surface area contributed by atoms with Gasteiger partial charge in [0.2, 0.25) is 5.95 Å². The molecule has 1 N–H and O–H groups in total. The van der Waals surface area contributed by atoms with E-state index in [1.165, 1.54) is 5.56 Å². The Balaban J connectivity index is 1.65. The van der Waals surface area contributed by atoms with Gasteiger partial charge >= 0.3 is 0 Å². The number of methoxy groups -OCH3 is 1. The molecule has 2 aromatic rings. The van der Waals surface area contributed by atoms with Crippen LogP contribution in [0.2, 0.25) is 0 Å². The largest absolute Gasteiger partial charge is 0.382 e. The molecule has 0 unspecified atom stereocenters. The van der Waals surface area contributed by atoms with Crippen molar-refractivity contribution in [3.8, 4) is 0 Å². The molecule has 0 radical (unpaired) electrons. The van der Waals surface area contributed by atoms with Crippen LogP contribution in [0.4, 0.5) is 5.95 Å². The Morgan fingerprint density at radius 3 is 2.95 bits per heavy atom. The van der Waals surface area contributed by atoms with E-state index >= 15 is 0 Å². The second-order valence-electron chi connectivity index (χ2n) is 4.68. The fourth-order valence-electron chi connectivity index (χ4n) is 1.83. The average molecular weight is 278 g/mol. The summed E-state index contributed by atoms with van der Waals surface area (Å²) in [4.78, 5) is 4.41. The van der Waals surface area contributed by atoms with E-state index in [2.05, 4.69) is 15.4 Å². The fraction of sp³-hybridized carbons (Fsp3) is 0.571. The number of hydrogen-bond acceptors (Lipinski definition) is 5. The number of hydrogen-bond donors (Lipinski definition) is 1. The van der Waals surface area contributed by atoms with Gasteiger partial charge in [-0.2, -0.15) is 4.98 Å². The van der Waals surface area contributed by atoms with E-state index in [1.54, 1.807) is 11.6 Å². The van der Waals surface area contributed by atoms with Crippen molar-refractivity contribution >= 4 is 11.6 Å². The number of aryl methyl sites for hydroxylation is 1. The first-order chi connectivity index (χ1) is 9.79. The fourth-order valence-corrected chi connectivity index (χ4v) is 1.83. The summed E-state index contributed by atoms with van der Waals surface area (Å²) in [5, 5.41) is 7.61. The van der Waals surface area contributed by atoms with Crippen molar-refractivity contribution in [1.82, 2.24) is 14.6 Å². The Hall–Kier alpha value is -1.66. The van der Waals surface area contributed by atoms with Crippen molar-refractivity contribution in [1.29, 1.82) is 0 Å². The summed E-state index contributed by atoms with van der Waals surface area (Å²) >= 11 is 0. The minimum atomic E-state index is 0.656. The summed E-state index contributed by atoms with van der Waals surface area (Å²) in [5.41, 5.74) is 2.03. The molecule has 0 aliphatic heterocycles. The molecule has 0 spiro atoms. The zero-order valence-corrected chi connectivity index (χ0v) is 12.1. The number of ether oxygens (including phenoxy) is 2. The maximum Gasteiger partial charge on any atom is 0.243 e. The Morgan fingerprint density at radius 2 is 2.10 bits per heavy atom. The molecule has 2 heterocycles. The van der Waals surface area contributed by atoms with Gasteiger partial charge in [-0.3, -0.25) is 0 Å². The van der Waals surface area contributed by atoms with Crippen LogP contribution in [-0.2, 0) is 9.47 Å². The number of rotatable bonds is 9. The van der Waals surface area contributed by atoms with Gasteiger partial charge in [-0.05, 0) is 31.4 Å². The van der Waals surface area contributed by atoms with Gasteiger partial charge in [0.15, 0.2) is 5.65 Å². The van der Waals surface area contributed by atoms with E-state index in [0.29, 0.717) is 19.2 Å². The summed E-state index contributed by atoms with van der Waals surface area (Å²) in [6.07, 6.45) is 4.02. The van der Waals surface area contributed by atoms with Gasteiger partial charge in [-0.1, -0.05) is 6.07 Å². The molecule has 0 bridgehead atoms. The lowest BCUT2D eigenvalue weighted by Crippen LogP contribution is -2.07. The number of aromatic nitrogens is 3. The van der Waals surface area contributed by atoms with Crippen LogP contribution in [0.5, 0.6) is 0 Å². The van der Waals surface area contributed by atoms with Gasteiger partial charge in [0.05, 0.1) is 13.2 Å². The molecule has 0 atom stereocenters. The SMILES string of the molecule is COCCOCCCCNc1nc2ccc(C)cn2n1. The number of fused-ring (bicyclic) bond motifs is 1. The molecule has 0 aliphatic rings. The normalized spacial score (nSPS) is 11.1. The van der Waals surface area contributed by atoms with Gasteiger partial charge in [0.1, 0.15) is 0 Å². The van der Waals surface area contributed by atoms with Crippen LogP contribution in [0.1, 0.15) is 18.4 Å². The van der Waals surface area contributed by atoms with Crippen LogP contribution >= 0.6 is 0 Å². The third kappa shape index (κ3) is 4.47. The lowest BCUT2D eigenvalue weighted by molar-refractivity contribution is 0.0691. The van der Waals surface area contributed by atoms with E-state index in [1.807, 2.05) is 25.3 Å². The van der Waals surface area contributed by atoms with Gasteiger partial charge in [0.25, 0.3) is 0 Å². The first-order valence-corrected chi connectivity index (χ1v) is 6.93. The molecule has 2 rings (SSSR count). The molecule has 6 heteroatoms. The predicted octanol–water partition coefficient (Wildman–Crippen LogP) is 1.89. The maximum absolute atomic E-state index is 5.40. The van der Waals surface area contributed by atoms with E-state index in [-0.39, 0.29) is 0 Å². The van der Waals surface area contributed by atoms with Crippen LogP contribution in [0, 0.1) is 6.92 Å². The maximum atomic E-state index is 5.40. The quantitative estimate of drug-likeness (QED) is 0.710. The molecule has 0 fully saturated rings. The zero-order valence-electron chi connectivity index (χ0n) is 12.1. The highest BCUT2D eigenvalue weighted by atomic mass is 16.5. The summed E-state index contributed by atoms with van der Waals surface area (Å²) in [7, 11) is 1.68. The van der Waals surface area contributed by atoms with Crippen molar-refractivity contribution in [3.05, 3.63) is 23.9 Å². The Labute approximate surface area is 119 Å². The van der Waals surface area contributed by atoms with Gasteiger partial charge in [-0.15, -0.1) is 5.10 Å². The number of nitrogens with one attached hydrogen (secondary N) is 1. The Kier molecular flexibility index (Phi) is 5.76. The molecule has 6 nitrogen and oxygen atoms in total. The van der Waals surface area contributed by atoms with Crippen molar-refractivity contribution in [2.75, 3.05) is 38.8 Å². The van der Waals surface area contributed by atoms with E-state index < -0.39 is 0 Å². The first kappa shape index (κ1) is 14.7. The molecular formula is C14H22N4O2. The number of unbranched alkanes of at least 4 members (excludes halogenated alkanes) is 1. The monoisotopic (exact) mass is 278 g/mol. The lowest BCUT2D eigenvalue weighted by Gasteiger charge is -2.03. The van der Waals surface area contributed by atoms with Crippen LogP contribution < -0.4 is 5.32 Å². The molecule has 0 saturated carbocycles. The van der Waals surface area contributed by atoms with Crippen LogP contribution in [0.25, 0.3) is 5.65 Å². The second-order valence-corrected chi connectivity index (χ2v) is 4.68. The van der Waals surface area contributed by atoms with Gasteiger partial charge in [0, 0.05) is 26.5 Å². The number of pyridine rings is 1. The zero-order chi connectivity index (χ0) is 14.2. The second kappa shape index (κ2) is 7.81. The summed E-state index contributed by atoms with van der Waals surface area (Å²) in [6, 6.07) is 4.00. The molecule has 0 aromatic carbocycles. The lowest BCUT2D eigenvalue weighted by atomic mass is 10.3. The smallest absolute Gasteiger partial charge is 0.243 e. The molecule has 2 aromatic heterocycles. The minimum Gasteiger partial charge on any atom is -0.382 e. The number of nitrogens with zero attached hydrogens (tertiary/aromatic N) is 3. The highest BCUT2D eigenvalue weighted by Crippen LogP contribution is 2.07. The topological polar surface area (TPSA) is 60.7 Å².